The molecule has 0 aliphatic heterocycles. The third-order valence-electron chi connectivity index (χ3n) is 3.52. The number of rotatable bonds is 5. The number of aryl methyl sites for hydroxylation is 2. The molecule has 1 N–H and O–H groups in total. The van der Waals surface area contributed by atoms with Crippen molar-refractivity contribution in [2.45, 2.75) is 19.0 Å². The number of aromatic nitrogens is 4. The smallest absolute Gasteiger partial charge is 0.234 e. The fraction of sp³-hybridized carbons (Fsp3) is 0.176. The van der Waals surface area contributed by atoms with Gasteiger partial charge in [0.2, 0.25) is 11.1 Å². The number of benzene rings is 2. The molecule has 1 heterocycles. The van der Waals surface area contributed by atoms with Crippen molar-refractivity contribution < 1.29 is 4.79 Å². The minimum atomic E-state index is -0.0833. The maximum atomic E-state index is 12.3. The predicted octanol–water partition coefficient (Wildman–Crippen LogP) is 3.01. The minimum Gasteiger partial charge on any atom is -0.325 e. The number of anilines is 1. The van der Waals surface area contributed by atoms with Gasteiger partial charge >= 0.3 is 0 Å². The van der Waals surface area contributed by atoms with Gasteiger partial charge < -0.3 is 5.32 Å². The molecule has 0 aliphatic carbocycles. The summed E-state index contributed by atoms with van der Waals surface area (Å²) in [7, 11) is 0. The first kappa shape index (κ1) is 16.2. The third-order valence-corrected chi connectivity index (χ3v) is 4.44. The van der Waals surface area contributed by atoms with Crippen LogP contribution in [0.1, 0.15) is 11.1 Å². The highest BCUT2D eigenvalue weighted by molar-refractivity contribution is 7.99. The van der Waals surface area contributed by atoms with E-state index in [0.29, 0.717) is 5.16 Å². The number of carbonyl (C=O) groups excluding carboxylic acids is 1. The van der Waals surface area contributed by atoms with Crippen molar-refractivity contribution in [1.82, 2.24) is 20.2 Å². The first-order valence-electron chi connectivity index (χ1n) is 7.48. The van der Waals surface area contributed by atoms with E-state index in [2.05, 4.69) is 20.8 Å². The quantitative estimate of drug-likeness (QED) is 0.724. The van der Waals surface area contributed by atoms with Crippen molar-refractivity contribution in [2.75, 3.05) is 11.1 Å². The molecule has 0 unspecified atom stereocenters. The van der Waals surface area contributed by atoms with E-state index in [1.165, 1.54) is 11.8 Å². The Kier molecular flexibility index (Phi) is 4.90. The van der Waals surface area contributed by atoms with Gasteiger partial charge in [0.15, 0.2) is 0 Å². The van der Waals surface area contributed by atoms with E-state index < -0.39 is 0 Å². The van der Waals surface area contributed by atoms with Crippen LogP contribution >= 0.6 is 11.8 Å². The van der Waals surface area contributed by atoms with Gasteiger partial charge in [-0.2, -0.15) is 4.68 Å². The van der Waals surface area contributed by atoms with Crippen LogP contribution in [0.2, 0.25) is 0 Å². The van der Waals surface area contributed by atoms with Crippen LogP contribution in [0.15, 0.2) is 53.7 Å². The van der Waals surface area contributed by atoms with E-state index in [4.69, 9.17) is 0 Å². The zero-order chi connectivity index (χ0) is 16.9. The number of para-hydroxylation sites is 2. The van der Waals surface area contributed by atoms with Crippen LogP contribution in [0.4, 0.5) is 5.69 Å². The number of hydrogen-bond donors (Lipinski definition) is 1. The number of hydrogen-bond acceptors (Lipinski definition) is 5. The summed E-state index contributed by atoms with van der Waals surface area (Å²) in [5.74, 6) is 0.154. The molecule has 0 saturated carbocycles. The molecule has 122 valence electrons. The molecule has 0 aliphatic rings. The van der Waals surface area contributed by atoms with E-state index in [9.17, 15) is 4.79 Å². The Labute approximate surface area is 144 Å². The number of thioether (sulfide) groups is 1. The minimum absolute atomic E-state index is 0.0833. The third kappa shape index (κ3) is 3.62. The van der Waals surface area contributed by atoms with Gasteiger partial charge in [0, 0.05) is 5.69 Å². The first-order chi connectivity index (χ1) is 11.6. The molecule has 0 spiro atoms. The predicted molar refractivity (Wildman–Crippen MR) is 94.4 cm³/mol. The van der Waals surface area contributed by atoms with Crippen molar-refractivity contribution in [1.29, 1.82) is 0 Å². The second-order valence-corrected chi connectivity index (χ2v) is 6.25. The highest BCUT2D eigenvalue weighted by Gasteiger charge is 2.12. The van der Waals surface area contributed by atoms with Crippen LogP contribution in [0.25, 0.3) is 5.69 Å². The largest absolute Gasteiger partial charge is 0.325 e. The number of nitrogens with zero attached hydrogens (tertiary/aromatic N) is 4. The van der Waals surface area contributed by atoms with Gasteiger partial charge in [-0.25, -0.2) is 0 Å². The molecule has 0 radical (unpaired) electrons. The number of nitrogens with one attached hydrogen (secondary N) is 1. The van der Waals surface area contributed by atoms with Crippen LogP contribution in [0.5, 0.6) is 0 Å². The van der Waals surface area contributed by atoms with E-state index >= 15 is 0 Å². The lowest BCUT2D eigenvalue weighted by Gasteiger charge is -2.11. The molecule has 1 aromatic heterocycles. The Balaban J connectivity index is 1.67. The summed E-state index contributed by atoms with van der Waals surface area (Å²) >= 11 is 1.30. The van der Waals surface area contributed by atoms with E-state index in [-0.39, 0.29) is 11.7 Å². The van der Waals surface area contributed by atoms with Gasteiger partial charge in [0.1, 0.15) is 0 Å². The lowest BCUT2D eigenvalue weighted by Crippen LogP contribution is -2.16. The topological polar surface area (TPSA) is 72.7 Å². The van der Waals surface area contributed by atoms with Crippen molar-refractivity contribution in [3.63, 3.8) is 0 Å². The zero-order valence-electron chi connectivity index (χ0n) is 13.4. The van der Waals surface area contributed by atoms with E-state index in [1.807, 2.05) is 62.4 Å². The summed E-state index contributed by atoms with van der Waals surface area (Å²) in [5, 5.41) is 15.2. The maximum Gasteiger partial charge on any atom is 0.234 e. The maximum absolute atomic E-state index is 12.3. The molecule has 0 fully saturated rings. The average molecular weight is 339 g/mol. The molecule has 2 aromatic carbocycles. The normalized spacial score (nSPS) is 10.6. The number of tetrazole rings is 1. The standard InChI is InChI=1S/C17H17N5OS/c1-12-7-6-8-13(2)16(12)18-15(23)11-24-17-19-20-21-22(17)14-9-4-3-5-10-14/h3-10H,11H2,1-2H3,(H,18,23). The van der Waals surface area contributed by atoms with E-state index in [1.54, 1.807) is 4.68 Å². The monoisotopic (exact) mass is 339 g/mol. The summed E-state index contributed by atoms with van der Waals surface area (Å²) in [6, 6.07) is 15.5. The van der Waals surface area contributed by atoms with E-state index in [0.717, 1.165) is 22.5 Å². The van der Waals surface area contributed by atoms with Crippen molar-refractivity contribution in [3.05, 3.63) is 59.7 Å². The molecule has 24 heavy (non-hydrogen) atoms. The van der Waals surface area contributed by atoms with Gasteiger partial charge in [-0.15, -0.1) is 5.10 Å². The molecule has 1 amide bonds. The van der Waals surface area contributed by atoms with Crippen molar-refractivity contribution in [2.24, 2.45) is 0 Å². The highest BCUT2D eigenvalue weighted by atomic mass is 32.2. The Morgan fingerprint density at radius 2 is 1.79 bits per heavy atom. The lowest BCUT2D eigenvalue weighted by molar-refractivity contribution is -0.113. The Bertz CT molecular complexity index is 827. The molecule has 6 nitrogen and oxygen atoms in total. The summed E-state index contributed by atoms with van der Waals surface area (Å²) in [5.41, 5.74) is 3.82. The van der Waals surface area contributed by atoms with Crippen molar-refractivity contribution in [3.8, 4) is 5.69 Å². The van der Waals surface area contributed by atoms with Crippen LogP contribution < -0.4 is 5.32 Å². The van der Waals surface area contributed by atoms with Crippen LogP contribution in [-0.4, -0.2) is 31.9 Å². The van der Waals surface area contributed by atoms with Crippen LogP contribution in [0.3, 0.4) is 0 Å². The number of carbonyl (C=O) groups is 1. The zero-order valence-corrected chi connectivity index (χ0v) is 14.2. The van der Waals surface area contributed by atoms with Gasteiger partial charge in [-0.1, -0.05) is 48.2 Å². The molecule has 0 atom stereocenters. The fourth-order valence-electron chi connectivity index (χ4n) is 2.32. The average Bonchev–Trinajstić information content (AvgIpc) is 3.06. The van der Waals surface area contributed by atoms with Gasteiger partial charge in [0.05, 0.1) is 11.4 Å². The molecule has 3 rings (SSSR count). The molecule has 3 aromatic rings. The molecule has 0 bridgehead atoms. The van der Waals surface area contributed by atoms with Crippen LogP contribution in [-0.2, 0) is 4.79 Å². The van der Waals surface area contributed by atoms with Gasteiger partial charge in [0.25, 0.3) is 0 Å². The highest BCUT2D eigenvalue weighted by Crippen LogP contribution is 2.21. The van der Waals surface area contributed by atoms with Gasteiger partial charge in [-0.3, -0.25) is 4.79 Å². The molecule has 0 saturated heterocycles. The van der Waals surface area contributed by atoms with Gasteiger partial charge in [-0.05, 0) is 47.5 Å². The molecular weight excluding hydrogens is 322 g/mol. The van der Waals surface area contributed by atoms with Crippen molar-refractivity contribution >= 4 is 23.4 Å². The first-order valence-corrected chi connectivity index (χ1v) is 8.46. The molecule has 7 heteroatoms. The Hall–Kier alpha value is -2.67. The second-order valence-electron chi connectivity index (χ2n) is 5.31. The SMILES string of the molecule is Cc1cccc(C)c1NC(=O)CSc1nnnn1-c1ccccc1. The Morgan fingerprint density at radius 3 is 2.50 bits per heavy atom. The van der Waals surface area contributed by atoms with Crippen LogP contribution in [0, 0.1) is 13.8 Å². The summed E-state index contributed by atoms with van der Waals surface area (Å²) in [4.78, 5) is 12.3. The fourth-order valence-corrected chi connectivity index (χ4v) is 3.01. The number of amides is 1. The summed E-state index contributed by atoms with van der Waals surface area (Å²) in [6.07, 6.45) is 0. The summed E-state index contributed by atoms with van der Waals surface area (Å²) in [6.45, 7) is 3.96. The Morgan fingerprint density at radius 1 is 1.08 bits per heavy atom. The summed E-state index contributed by atoms with van der Waals surface area (Å²) < 4.78 is 1.62. The lowest BCUT2D eigenvalue weighted by atomic mass is 10.1. The molecular formula is C17H17N5OS. The second kappa shape index (κ2) is 7.27.